The van der Waals surface area contributed by atoms with Crippen LogP contribution in [0.25, 0.3) is 11.1 Å². The molecule has 2 heteroatoms. The maximum atomic E-state index is 5.53. The van der Waals surface area contributed by atoms with Crippen LogP contribution in [0.15, 0.2) is 36.4 Å². The number of ether oxygens (including phenoxy) is 2. The number of methoxy groups -OCH3 is 2. The summed E-state index contributed by atoms with van der Waals surface area (Å²) in [6.07, 6.45) is 2.14. The zero-order valence-electron chi connectivity index (χ0n) is 16.7. The third-order valence-electron chi connectivity index (χ3n) is 6.04. The van der Waals surface area contributed by atoms with Gasteiger partial charge in [0.05, 0.1) is 14.2 Å². The summed E-state index contributed by atoms with van der Waals surface area (Å²) in [7, 11) is 3.49. The summed E-state index contributed by atoms with van der Waals surface area (Å²) in [5.41, 5.74) is 8.71. The van der Waals surface area contributed by atoms with Crippen molar-refractivity contribution in [2.24, 2.45) is 10.8 Å². The largest absolute Gasteiger partial charge is 0.497 e. The summed E-state index contributed by atoms with van der Waals surface area (Å²) in [6, 6.07) is 13.1. The van der Waals surface area contributed by atoms with Crippen molar-refractivity contribution in [3.05, 3.63) is 58.7 Å². The Morgan fingerprint density at radius 1 is 0.654 bits per heavy atom. The van der Waals surface area contributed by atoms with Gasteiger partial charge in [0.1, 0.15) is 11.5 Å². The molecular weight excluding hydrogens is 320 g/mol. The average Bonchev–Trinajstić information content (AvgIpc) is 3.00. The predicted octanol–water partition coefficient (Wildman–Crippen LogP) is 5.78. The number of hydrogen-bond donors (Lipinski definition) is 0. The van der Waals surface area contributed by atoms with Crippen molar-refractivity contribution in [3.63, 3.8) is 0 Å². The number of rotatable bonds is 2. The van der Waals surface area contributed by atoms with Crippen LogP contribution in [0.5, 0.6) is 11.5 Å². The van der Waals surface area contributed by atoms with E-state index in [0.29, 0.717) is 0 Å². The third-order valence-corrected chi connectivity index (χ3v) is 6.04. The van der Waals surface area contributed by atoms with Gasteiger partial charge in [-0.1, -0.05) is 39.8 Å². The maximum absolute atomic E-state index is 5.53. The summed E-state index contributed by atoms with van der Waals surface area (Å²) < 4.78 is 11.1. The van der Waals surface area contributed by atoms with Gasteiger partial charge in [0.2, 0.25) is 0 Å². The van der Waals surface area contributed by atoms with Gasteiger partial charge in [-0.25, -0.2) is 0 Å². The molecule has 26 heavy (non-hydrogen) atoms. The Morgan fingerprint density at radius 3 is 1.38 bits per heavy atom. The normalized spacial score (nSPS) is 22.1. The maximum Gasteiger partial charge on any atom is 0.119 e. The van der Waals surface area contributed by atoms with Gasteiger partial charge < -0.3 is 9.47 Å². The van der Waals surface area contributed by atoms with Crippen LogP contribution in [0.2, 0.25) is 0 Å². The Bertz CT molecular complexity index is 840. The molecule has 0 atom stereocenters. The molecule has 0 aliphatic heterocycles. The molecule has 0 saturated carbocycles. The zero-order chi connectivity index (χ0) is 18.7. The molecule has 2 aliphatic carbocycles. The fourth-order valence-corrected chi connectivity index (χ4v) is 4.94. The Morgan fingerprint density at radius 2 is 1.04 bits per heavy atom. The first-order chi connectivity index (χ1) is 12.3. The lowest BCUT2D eigenvalue weighted by atomic mass is 9.74. The molecule has 2 aromatic rings. The second-order valence-electron chi connectivity index (χ2n) is 8.92. The van der Waals surface area contributed by atoms with Gasteiger partial charge in [-0.05, 0) is 81.3 Å². The molecule has 0 fully saturated rings. The van der Waals surface area contributed by atoms with Crippen LogP contribution in [-0.4, -0.2) is 14.2 Å². The molecular formula is C24H28O2. The van der Waals surface area contributed by atoms with E-state index in [-0.39, 0.29) is 10.8 Å². The first-order valence-corrected chi connectivity index (χ1v) is 9.37. The molecule has 4 rings (SSSR count). The summed E-state index contributed by atoms with van der Waals surface area (Å²) in [6.45, 7) is 9.48. The molecule has 2 aliphatic rings. The average molecular weight is 348 g/mol. The van der Waals surface area contributed by atoms with E-state index in [1.165, 1.54) is 33.4 Å². The van der Waals surface area contributed by atoms with Gasteiger partial charge in [0.15, 0.2) is 0 Å². The summed E-state index contributed by atoms with van der Waals surface area (Å²) in [5, 5.41) is 0. The summed E-state index contributed by atoms with van der Waals surface area (Å²) in [4.78, 5) is 0. The van der Waals surface area contributed by atoms with E-state index in [0.717, 1.165) is 24.3 Å². The van der Waals surface area contributed by atoms with E-state index >= 15 is 0 Å². The highest BCUT2D eigenvalue weighted by atomic mass is 16.5. The molecule has 0 N–H and O–H groups in total. The number of hydrogen-bond acceptors (Lipinski definition) is 2. The Labute approximate surface area is 156 Å². The van der Waals surface area contributed by atoms with Crippen molar-refractivity contribution in [2.75, 3.05) is 14.2 Å². The summed E-state index contributed by atoms with van der Waals surface area (Å²) >= 11 is 0. The van der Waals surface area contributed by atoms with Crippen LogP contribution in [0.1, 0.15) is 49.9 Å². The summed E-state index contributed by atoms with van der Waals surface area (Å²) in [5.74, 6) is 1.86. The van der Waals surface area contributed by atoms with Gasteiger partial charge in [0.25, 0.3) is 0 Å². The molecule has 0 spiro atoms. The molecule has 0 radical (unpaired) electrons. The molecule has 0 amide bonds. The SMILES string of the molecule is COc1ccc2c(c1)/C(=C1/c3cc(OC)ccc3CC1(C)C)C(C)(C)C2. The molecule has 2 nitrogen and oxygen atoms in total. The predicted molar refractivity (Wildman–Crippen MR) is 108 cm³/mol. The lowest BCUT2D eigenvalue weighted by molar-refractivity contribution is 0.414. The van der Waals surface area contributed by atoms with Gasteiger partial charge in [0, 0.05) is 0 Å². The number of benzene rings is 2. The van der Waals surface area contributed by atoms with Gasteiger partial charge >= 0.3 is 0 Å². The molecule has 2 aromatic carbocycles. The first kappa shape index (κ1) is 17.2. The van der Waals surface area contributed by atoms with E-state index in [1.54, 1.807) is 14.2 Å². The van der Waals surface area contributed by atoms with Crippen molar-refractivity contribution in [2.45, 2.75) is 40.5 Å². The molecule has 0 bridgehead atoms. The van der Waals surface area contributed by atoms with Crippen LogP contribution in [0.3, 0.4) is 0 Å². The Balaban J connectivity index is 2.05. The Hall–Kier alpha value is -2.22. The van der Waals surface area contributed by atoms with Crippen LogP contribution >= 0.6 is 0 Å². The molecule has 0 unspecified atom stereocenters. The van der Waals surface area contributed by atoms with Crippen LogP contribution in [0.4, 0.5) is 0 Å². The lowest BCUT2D eigenvalue weighted by Gasteiger charge is -2.30. The second kappa shape index (κ2) is 5.64. The fourth-order valence-electron chi connectivity index (χ4n) is 4.94. The lowest BCUT2D eigenvalue weighted by Crippen LogP contribution is -2.17. The smallest absolute Gasteiger partial charge is 0.119 e. The third kappa shape index (κ3) is 2.46. The number of allylic oxidation sites excluding steroid dienone is 2. The van der Waals surface area contributed by atoms with E-state index in [2.05, 4.69) is 64.1 Å². The standard InChI is InChI=1S/C24H28O2/c1-23(2)13-15-7-9-17(25-5)11-19(15)21(23)22-20-12-18(26-6)10-8-16(20)14-24(22,3)4/h7-12H,13-14H2,1-6H3/b22-21+. The van der Waals surface area contributed by atoms with Crippen LogP contribution < -0.4 is 9.47 Å². The quantitative estimate of drug-likeness (QED) is 0.685. The topological polar surface area (TPSA) is 18.5 Å². The van der Waals surface area contributed by atoms with E-state index in [1.807, 2.05) is 0 Å². The van der Waals surface area contributed by atoms with Gasteiger partial charge in [-0.2, -0.15) is 0 Å². The van der Waals surface area contributed by atoms with E-state index in [9.17, 15) is 0 Å². The van der Waals surface area contributed by atoms with Crippen LogP contribution in [0, 0.1) is 10.8 Å². The fraction of sp³-hybridized carbons (Fsp3) is 0.417. The van der Waals surface area contributed by atoms with Crippen molar-refractivity contribution < 1.29 is 9.47 Å². The van der Waals surface area contributed by atoms with Crippen LogP contribution in [-0.2, 0) is 12.8 Å². The minimum absolute atomic E-state index is 0.103. The minimum Gasteiger partial charge on any atom is -0.497 e. The van der Waals surface area contributed by atoms with Crippen molar-refractivity contribution in [1.82, 2.24) is 0 Å². The second-order valence-corrected chi connectivity index (χ2v) is 8.92. The van der Waals surface area contributed by atoms with Crippen molar-refractivity contribution in [1.29, 1.82) is 0 Å². The highest BCUT2D eigenvalue weighted by molar-refractivity contribution is 6.00. The van der Waals surface area contributed by atoms with Crippen molar-refractivity contribution in [3.8, 4) is 11.5 Å². The van der Waals surface area contributed by atoms with E-state index in [4.69, 9.17) is 9.47 Å². The monoisotopic (exact) mass is 348 g/mol. The zero-order valence-corrected chi connectivity index (χ0v) is 16.7. The molecule has 0 saturated heterocycles. The Kier molecular flexibility index (Phi) is 3.73. The van der Waals surface area contributed by atoms with E-state index < -0.39 is 0 Å². The number of fused-ring (bicyclic) bond motifs is 2. The van der Waals surface area contributed by atoms with Crippen molar-refractivity contribution >= 4 is 11.1 Å². The van der Waals surface area contributed by atoms with Gasteiger partial charge in [-0.15, -0.1) is 0 Å². The highest BCUT2D eigenvalue weighted by Crippen LogP contribution is 2.58. The van der Waals surface area contributed by atoms with Gasteiger partial charge in [-0.3, -0.25) is 0 Å². The molecule has 136 valence electrons. The molecule has 0 heterocycles. The molecule has 0 aromatic heterocycles. The highest BCUT2D eigenvalue weighted by Gasteiger charge is 2.43. The minimum atomic E-state index is 0.103. The first-order valence-electron chi connectivity index (χ1n) is 9.37.